The first-order valence-corrected chi connectivity index (χ1v) is 9.08. The molecule has 0 radical (unpaired) electrons. The van der Waals surface area contributed by atoms with Gasteiger partial charge in [-0.05, 0) is 68.8 Å². The molecule has 4 heteroatoms. The Balaban J connectivity index is 1.50. The molecule has 2 aliphatic rings. The van der Waals surface area contributed by atoms with Gasteiger partial charge in [-0.25, -0.2) is 0 Å². The van der Waals surface area contributed by atoms with Gasteiger partial charge < -0.3 is 10.2 Å². The Hall–Kier alpha value is -1.55. The largest absolute Gasteiger partial charge is 0.372 e. The number of anilines is 2. The number of piperidine rings is 2. The summed E-state index contributed by atoms with van der Waals surface area (Å²) < 4.78 is 0. The molecule has 3 rings (SSSR count). The quantitative estimate of drug-likeness (QED) is 0.925. The number of nitrogens with zero attached hydrogens (tertiary/aromatic N) is 2. The Bertz CT molecular complexity index is 508. The van der Waals surface area contributed by atoms with Gasteiger partial charge in [0.25, 0.3) is 0 Å². The fraction of sp³-hybridized carbons (Fsp3) is 0.632. The van der Waals surface area contributed by atoms with Gasteiger partial charge in [-0.2, -0.15) is 0 Å². The Morgan fingerprint density at radius 1 is 1.09 bits per heavy atom. The van der Waals surface area contributed by atoms with Gasteiger partial charge in [-0.15, -0.1) is 0 Å². The van der Waals surface area contributed by atoms with Crippen molar-refractivity contribution in [3.8, 4) is 0 Å². The second-order valence-electron chi connectivity index (χ2n) is 7.13. The highest BCUT2D eigenvalue weighted by Gasteiger charge is 2.18. The molecule has 1 amide bonds. The summed E-state index contributed by atoms with van der Waals surface area (Å²) >= 11 is 0. The topological polar surface area (TPSA) is 35.6 Å². The first-order valence-electron chi connectivity index (χ1n) is 9.08. The molecular weight excluding hydrogens is 286 g/mol. The third-order valence-electron chi connectivity index (χ3n) is 4.98. The van der Waals surface area contributed by atoms with Gasteiger partial charge in [0.1, 0.15) is 0 Å². The second-order valence-corrected chi connectivity index (χ2v) is 7.13. The standard InChI is InChI=1S/C19H29N3O/c1-16-6-5-11-21(14-16)15-19(23)20-17-7-9-18(10-8-17)22-12-3-2-4-13-22/h7-10,16H,2-6,11-15H2,1H3,(H,20,23)/t16-/m0/s1. The van der Waals surface area contributed by atoms with E-state index in [1.54, 1.807) is 0 Å². The fourth-order valence-corrected chi connectivity index (χ4v) is 3.74. The first kappa shape index (κ1) is 16.3. The number of hydrogen-bond donors (Lipinski definition) is 1. The van der Waals surface area contributed by atoms with Crippen molar-refractivity contribution in [2.75, 3.05) is 42.9 Å². The first-order chi connectivity index (χ1) is 11.2. The molecule has 23 heavy (non-hydrogen) atoms. The van der Waals surface area contributed by atoms with Crippen LogP contribution in [0.1, 0.15) is 39.0 Å². The Kier molecular flexibility index (Phi) is 5.55. The van der Waals surface area contributed by atoms with Crippen LogP contribution in [0.3, 0.4) is 0 Å². The number of likely N-dealkylation sites (tertiary alicyclic amines) is 1. The lowest BCUT2D eigenvalue weighted by Crippen LogP contribution is -2.39. The number of benzene rings is 1. The van der Waals surface area contributed by atoms with Crippen LogP contribution in [0, 0.1) is 5.92 Å². The average Bonchev–Trinajstić information content (AvgIpc) is 2.56. The van der Waals surface area contributed by atoms with Crippen molar-refractivity contribution in [1.82, 2.24) is 4.90 Å². The molecule has 1 N–H and O–H groups in total. The molecule has 0 bridgehead atoms. The summed E-state index contributed by atoms with van der Waals surface area (Å²) in [5.74, 6) is 0.810. The van der Waals surface area contributed by atoms with Crippen LogP contribution in [0.2, 0.25) is 0 Å². The molecule has 0 aliphatic carbocycles. The zero-order valence-corrected chi connectivity index (χ0v) is 14.3. The SMILES string of the molecule is C[C@H]1CCCN(CC(=O)Nc2ccc(N3CCCCC3)cc2)C1. The molecule has 0 spiro atoms. The lowest BCUT2D eigenvalue weighted by Gasteiger charge is -2.30. The summed E-state index contributed by atoms with van der Waals surface area (Å²) in [6, 6.07) is 8.31. The highest BCUT2D eigenvalue weighted by molar-refractivity contribution is 5.92. The number of amides is 1. The molecular formula is C19H29N3O. The summed E-state index contributed by atoms with van der Waals surface area (Å²) in [5, 5.41) is 3.04. The third kappa shape index (κ3) is 4.71. The van der Waals surface area contributed by atoms with Gasteiger partial charge in [0.05, 0.1) is 6.54 Å². The normalized spacial score (nSPS) is 22.8. The van der Waals surface area contributed by atoms with E-state index in [1.807, 2.05) is 12.1 Å². The molecule has 126 valence electrons. The molecule has 2 aliphatic heterocycles. The van der Waals surface area contributed by atoms with Crippen LogP contribution in [-0.2, 0) is 4.79 Å². The van der Waals surface area contributed by atoms with E-state index in [0.717, 1.165) is 31.9 Å². The van der Waals surface area contributed by atoms with Gasteiger partial charge in [-0.1, -0.05) is 6.92 Å². The summed E-state index contributed by atoms with van der Waals surface area (Å²) in [7, 11) is 0. The minimum absolute atomic E-state index is 0.102. The maximum Gasteiger partial charge on any atom is 0.238 e. The zero-order chi connectivity index (χ0) is 16.1. The molecule has 1 aromatic carbocycles. The predicted octanol–water partition coefficient (Wildman–Crippen LogP) is 3.35. The molecule has 2 fully saturated rings. The van der Waals surface area contributed by atoms with Crippen LogP contribution in [0.4, 0.5) is 11.4 Å². The number of rotatable bonds is 4. The van der Waals surface area contributed by atoms with Crippen LogP contribution in [0.15, 0.2) is 24.3 Å². The van der Waals surface area contributed by atoms with E-state index >= 15 is 0 Å². The van der Waals surface area contributed by atoms with Crippen molar-refractivity contribution in [2.24, 2.45) is 5.92 Å². The lowest BCUT2D eigenvalue weighted by molar-refractivity contribution is -0.117. The van der Waals surface area contributed by atoms with E-state index in [9.17, 15) is 4.79 Å². The van der Waals surface area contributed by atoms with E-state index in [2.05, 4.69) is 34.2 Å². The molecule has 0 unspecified atom stereocenters. The molecule has 4 nitrogen and oxygen atoms in total. The summed E-state index contributed by atoms with van der Waals surface area (Å²) in [4.78, 5) is 16.9. The van der Waals surface area contributed by atoms with E-state index in [4.69, 9.17) is 0 Å². The molecule has 2 heterocycles. The van der Waals surface area contributed by atoms with Crippen molar-refractivity contribution < 1.29 is 4.79 Å². The molecule has 0 aromatic heterocycles. The van der Waals surface area contributed by atoms with Crippen molar-refractivity contribution in [3.63, 3.8) is 0 Å². The van der Waals surface area contributed by atoms with E-state index < -0.39 is 0 Å². The fourth-order valence-electron chi connectivity index (χ4n) is 3.74. The predicted molar refractivity (Wildman–Crippen MR) is 96.0 cm³/mol. The Morgan fingerprint density at radius 3 is 2.52 bits per heavy atom. The monoisotopic (exact) mass is 315 g/mol. The van der Waals surface area contributed by atoms with Gasteiger partial charge in [0, 0.05) is 31.0 Å². The highest BCUT2D eigenvalue weighted by Crippen LogP contribution is 2.22. The zero-order valence-electron chi connectivity index (χ0n) is 14.3. The average molecular weight is 315 g/mol. The van der Waals surface area contributed by atoms with Crippen LogP contribution in [0.5, 0.6) is 0 Å². The van der Waals surface area contributed by atoms with Gasteiger partial charge in [-0.3, -0.25) is 9.69 Å². The van der Waals surface area contributed by atoms with E-state index in [1.165, 1.54) is 37.8 Å². The number of nitrogens with one attached hydrogen (secondary N) is 1. The van der Waals surface area contributed by atoms with Crippen LogP contribution >= 0.6 is 0 Å². The number of hydrogen-bond acceptors (Lipinski definition) is 3. The number of carbonyl (C=O) groups excluding carboxylic acids is 1. The van der Waals surface area contributed by atoms with Crippen LogP contribution in [-0.4, -0.2) is 43.5 Å². The van der Waals surface area contributed by atoms with E-state index in [0.29, 0.717) is 12.5 Å². The molecule has 0 saturated carbocycles. The van der Waals surface area contributed by atoms with E-state index in [-0.39, 0.29) is 5.91 Å². The minimum Gasteiger partial charge on any atom is -0.372 e. The van der Waals surface area contributed by atoms with Gasteiger partial charge >= 0.3 is 0 Å². The highest BCUT2D eigenvalue weighted by atomic mass is 16.2. The van der Waals surface area contributed by atoms with Crippen LogP contribution < -0.4 is 10.2 Å². The molecule has 1 aromatic rings. The summed E-state index contributed by atoms with van der Waals surface area (Å²) in [6.45, 7) is 7.17. The second kappa shape index (κ2) is 7.82. The maximum absolute atomic E-state index is 12.2. The van der Waals surface area contributed by atoms with Crippen molar-refractivity contribution in [1.29, 1.82) is 0 Å². The maximum atomic E-state index is 12.2. The Morgan fingerprint density at radius 2 is 1.83 bits per heavy atom. The van der Waals surface area contributed by atoms with Gasteiger partial charge in [0.2, 0.25) is 5.91 Å². The molecule has 2 saturated heterocycles. The minimum atomic E-state index is 0.102. The third-order valence-corrected chi connectivity index (χ3v) is 4.98. The smallest absolute Gasteiger partial charge is 0.238 e. The summed E-state index contributed by atoms with van der Waals surface area (Å²) in [6.07, 6.45) is 6.41. The van der Waals surface area contributed by atoms with Crippen molar-refractivity contribution in [3.05, 3.63) is 24.3 Å². The summed E-state index contributed by atoms with van der Waals surface area (Å²) in [5.41, 5.74) is 2.17. The van der Waals surface area contributed by atoms with Crippen LogP contribution in [0.25, 0.3) is 0 Å². The molecule has 1 atom stereocenters. The van der Waals surface area contributed by atoms with Crippen molar-refractivity contribution in [2.45, 2.75) is 39.0 Å². The Labute approximate surface area is 139 Å². The number of carbonyl (C=O) groups is 1. The van der Waals surface area contributed by atoms with Crippen molar-refractivity contribution >= 4 is 17.3 Å². The van der Waals surface area contributed by atoms with Gasteiger partial charge in [0.15, 0.2) is 0 Å². The lowest BCUT2D eigenvalue weighted by atomic mass is 10.0.